The molecule has 0 spiro atoms. The van der Waals surface area contributed by atoms with Crippen LogP contribution in [-0.2, 0) is 29.5 Å². The van der Waals surface area contributed by atoms with E-state index in [1.54, 1.807) is 18.3 Å². The van der Waals surface area contributed by atoms with Gasteiger partial charge in [-0.25, -0.2) is 9.37 Å². The van der Waals surface area contributed by atoms with Crippen molar-refractivity contribution in [2.75, 3.05) is 0 Å². The predicted molar refractivity (Wildman–Crippen MR) is 115 cm³/mol. The zero-order chi connectivity index (χ0) is 21.3. The van der Waals surface area contributed by atoms with Crippen molar-refractivity contribution in [3.63, 3.8) is 0 Å². The summed E-state index contributed by atoms with van der Waals surface area (Å²) in [4.78, 5) is 5.40. The molecule has 2 aromatic heterocycles. The van der Waals surface area contributed by atoms with Gasteiger partial charge in [0, 0.05) is 33.8 Å². The molecule has 3 aromatic rings. The third-order valence-electron chi connectivity index (χ3n) is 4.60. The molecule has 0 fully saturated rings. The zero-order valence-electron chi connectivity index (χ0n) is 17.4. The van der Waals surface area contributed by atoms with Crippen LogP contribution in [0.5, 0.6) is 0 Å². The first-order valence-corrected chi connectivity index (χ1v) is 11.5. The van der Waals surface area contributed by atoms with Gasteiger partial charge in [-0.15, -0.1) is 11.3 Å². The number of aromatic nitrogens is 2. The molecule has 0 radical (unpaired) electrons. The predicted octanol–water partition coefficient (Wildman–Crippen LogP) is 5.53. The van der Waals surface area contributed by atoms with Crippen molar-refractivity contribution in [3.8, 4) is 11.1 Å². The third kappa shape index (κ3) is 5.02. The van der Waals surface area contributed by atoms with E-state index in [-0.39, 0.29) is 15.4 Å². The molecule has 0 aliphatic rings. The van der Waals surface area contributed by atoms with Gasteiger partial charge in [0.2, 0.25) is 0 Å². The molecule has 29 heavy (non-hydrogen) atoms. The highest BCUT2D eigenvalue weighted by molar-refractivity contribution is 7.82. The van der Waals surface area contributed by atoms with E-state index in [1.807, 2.05) is 16.8 Å². The first-order valence-electron chi connectivity index (χ1n) is 9.58. The van der Waals surface area contributed by atoms with Crippen molar-refractivity contribution in [1.29, 1.82) is 0 Å². The quantitative estimate of drug-likeness (QED) is 0.480. The lowest BCUT2D eigenvalue weighted by molar-refractivity contribution is 0.505. The van der Waals surface area contributed by atoms with Crippen LogP contribution in [-0.4, -0.2) is 18.3 Å². The summed E-state index contributed by atoms with van der Waals surface area (Å²) in [6.45, 7) is 10.8. The molecule has 1 aromatic carbocycles. The second-order valence-corrected chi connectivity index (χ2v) is 11.0. The van der Waals surface area contributed by atoms with E-state index in [2.05, 4.69) is 39.6 Å². The fraction of sp³-hybridized carbons (Fsp3) is 0.409. The number of hydrogen-bond acceptors (Lipinski definition) is 4. The second kappa shape index (κ2) is 8.50. The Balaban J connectivity index is 1.94. The van der Waals surface area contributed by atoms with Crippen LogP contribution in [0, 0.1) is 11.7 Å². The lowest BCUT2D eigenvalue weighted by Crippen LogP contribution is -2.19. The molecule has 1 atom stereocenters. The highest BCUT2D eigenvalue weighted by atomic mass is 32.2. The molecule has 0 aliphatic carbocycles. The Bertz CT molecular complexity index is 1030. The Morgan fingerprint density at radius 2 is 2.00 bits per heavy atom. The van der Waals surface area contributed by atoms with Crippen LogP contribution < -0.4 is 0 Å². The summed E-state index contributed by atoms with van der Waals surface area (Å²) in [6.07, 6.45) is 4.37. The van der Waals surface area contributed by atoms with Crippen LogP contribution in [0.4, 0.5) is 4.39 Å². The molecule has 0 amide bonds. The smallest absolute Gasteiger partial charge is 0.128 e. The highest BCUT2D eigenvalue weighted by Gasteiger charge is 2.20. The van der Waals surface area contributed by atoms with Gasteiger partial charge < -0.3 is 9.12 Å². The summed E-state index contributed by atoms with van der Waals surface area (Å²) in [5, 5.41) is 0. The third-order valence-corrected chi connectivity index (χ3v) is 6.73. The molecule has 0 saturated heterocycles. The number of benzene rings is 1. The number of rotatable bonds is 6. The van der Waals surface area contributed by atoms with E-state index >= 15 is 0 Å². The molecule has 1 unspecified atom stereocenters. The standard InChI is InChI=1S/C22H27FN2O2S2/c1-14(2)10-17-12-18(20(28-17)29(26)27)15-6-7-16(19(23)11-15)13-25-9-8-24-21(25)22(3,4)5/h6-9,11-12,14H,10,13H2,1-5H3,(H,26,27)/p-1. The molecule has 0 aliphatic heterocycles. The Morgan fingerprint density at radius 1 is 1.28 bits per heavy atom. The molecule has 0 N–H and O–H groups in total. The molecule has 156 valence electrons. The lowest BCUT2D eigenvalue weighted by Gasteiger charge is -2.20. The fourth-order valence-corrected chi connectivity index (χ4v) is 5.43. The van der Waals surface area contributed by atoms with Crippen molar-refractivity contribution >= 4 is 22.4 Å². The maximum absolute atomic E-state index is 14.9. The van der Waals surface area contributed by atoms with E-state index in [0.29, 0.717) is 29.2 Å². The van der Waals surface area contributed by atoms with Crippen LogP contribution in [0.2, 0.25) is 0 Å². The van der Waals surface area contributed by atoms with E-state index < -0.39 is 11.1 Å². The zero-order valence-corrected chi connectivity index (χ0v) is 19.0. The summed E-state index contributed by atoms with van der Waals surface area (Å²) in [7, 11) is 0. The minimum Gasteiger partial charge on any atom is -0.768 e. The molecular weight excluding hydrogens is 407 g/mol. The molecule has 7 heteroatoms. The van der Waals surface area contributed by atoms with E-state index in [0.717, 1.165) is 17.1 Å². The van der Waals surface area contributed by atoms with Crippen molar-refractivity contribution in [2.24, 2.45) is 5.92 Å². The van der Waals surface area contributed by atoms with Gasteiger partial charge in [0.05, 0.1) is 10.8 Å². The normalized spacial score (nSPS) is 13.2. The van der Waals surface area contributed by atoms with Gasteiger partial charge in [-0.1, -0.05) is 46.8 Å². The number of imidazole rings is 1. The second-order valence-electron chi connectivity index (χ2n) is 8.68. The van der Waals surface area contributed by atoms with Gasteiger partial charge in [-0.2, -0.15) is 0 Å². The SMILES string of the molecule is CC(C)Cc1cc(-c2ccc(Cn3ccnc3C(C)(C)C)c(F)c2)c(S(=O)[O-])s1. The van der Waals surface area contributed by atoms with Crippen LogP contribution in [0.3, 0.4) is 0 Å². The Hall–Kier alpha value is -1.83. The van der Waals surface area contributed by atoms with Crippen LogP contribution in [0.1, 0.15) is 50.9 Å². The van der Waals surface area contributed by atoms with Gasteiger partial charge in [0.15, 0.2) is 0 Å². The van der Waals surface area contributed by atoms with Crippen molar-refractivity contribution in [1.82, 2.24) is 9.55 Å². The van der Waals surface area contributed by atoms with Crippen LogP contribution >= 0.6 is 11.3 Å². The summed E-state index contributed by atoms with van der Waals surface area (Å²) >= 11 is -1.09. The first-order chi connectivity index (χ1) is 13.6. The maximum Gasteiger partial charge on any atom is 0.128 e. The largest absolute Gasteiger partial charge is 0.768 e. The van der Waals surface area contributed by atoms with Gasteiger partial charge >= 0.3 is 0 Å². The van der Waals surface area contributed by atoms with E-state index in [9.17, 15) is 13.2 Å². The summed E-state index contributed by atoms with van der Waals surface area (Å²) < 4.78 is 40.5. The van der Waals surface area contributed by atoms with E-state index in [4.69, 9.17) is 0 Å². The molecule has 2 heterocycles. The molecule has 4 nitrogen and oxygen atoms in total. The van der Waals surface area contributed by atoms with E-state index in [1.165, 1.54) is 17.4 Å². The Kier molecular flexibility index (Phi) is 6.41. The van der Waals surface area contributed by atoms with Gasteiger partial charge in [-0.3, -0.25) is 4.21 Å². The summed E-state index contributed by atoms with van der Waals surface area (Å²) in [6, 6.07) is 6.83. The molecule has 3 rings (SSSR count). The lowest BCUT2D eigenvalue weighted by atomic mass is 9.95. The number of halogens is 1. The topological polar surface area (TPSA) is 58.0 Å². The average Bonchev–Trinajstić information content (AvgIpc) is 3.22. The van der Waals surface area contributed by atoms with Crippen molar-refractivity contribution < 1.29 is 13.2 Å². The average molecular weight is 434 g/mol. The number of hydrogen-bond donors (Lipinski definition) is 0. The van der Waals surface area contributed by atoms with Crippen molar-refractivity contribution in [2.45, 2.75) is 57.2 Å². The Labute approximate surface area is 178 Å². The van der Waals surface area contributed by atoms with Crippen molar-refractivity contribution in [3.05, 3.63) is 58.7 Å². The maximum atomic E-state index is 14.9. The minimum absolute atomic E-state index is 0.142. The van der Waals surface area contributed by atoms with Crippen LogP contribution in [0.25, 0.3) is 11.1 Å². The molecular formula is C22H26FN2O2S2-. The Morgan fingerprint density at radius 3 is 2.59 bits per heavy atom. The summed E-state index contributed by atoms with van der Waals surface area (Å²) in [5.74, 6) is 0.956. The van der Waals surface area contributed by atoms with Gasteiger partial charge in [-0.05, 0) is 41.1 Å². The first kappa shape index (κ1) is 21.9. The monoisotopic (exact) mass is 433 g/mol. The fourth-order valence-electron chi connectivity index (χ4n) is 3.36. The van der Waals surface area contributed by atoms with Gasteiger partial charge in [0.1, 0.15) is 11.6 Å². The number of thiophene rings is 1. The number of nitrogens with zero attached hydrogens (tertiary/aromatic N) is 2. The van der Waals surface area contributed by atoms with Gasteiger partial charge in [0.25, 0.3) is 0 Å². The van der Waals surface area contributed by atoms with Crippen LogP contribution in [0.15, 0.2) is 40.9 Å². The minimum atomic E-state index is -2.35. The molecule has 0 bridgehead atoms. The molecule has 0 saturated carbocycles. The summed E-state index contributed by atoms with van der Waals surface area (Å²) in [5.41, 5.74) is 1.55. The highest BCUT2D eigenvalue weighted by Crippen LogP contribution is 2.35.